The van der Waals surface area contributed by atoms with Crippen molar-refractivity contribution in [2.24, 2.45) is 0 Å². The Morgan fingerprint density at radius 3 is 2.12 bits per heavy atom. The lowest BCUT2D eigenvalue weighted by Gasteiger charge is -2.34. The second-order valence-electron chi connectivity index (χ2n) is 10.2. The number of nitrogens with zero attached hydrogens (tertiary/aromatic N) is 2. The highest BCUT2D eigenvalue weighted by Crippen LogP contribution is 2.33. The number of carbonyl (C=O) groups excluding carboxylic acids is 2. The molecule has 0 radical (unpaired) electrons. The molecule has 2 amide bonds. The average Bonchev–Trinajstić information content (AvgIpc) is 2.96. The fourth-order valence-corrected chi connectivity index (χ4v) is 5.92. The average molecular weight is 580 g/mol. The first kappa shape index (κ1) is 31.7. The van der Waals surface area contributed by atoms with E-state index in [2.05, 4.69) is 5.32 Å². The zero-order valence-corrected chi connectivity index (χ0v) is 25.6. The van der Waals surface area contributed by atoms with Crippen molar-refractivity contribution in [3.63, 3.8) is 0 Å². The SMILES string of the molecule is CC[C@@H](C)NC(=O)[C@H](CC)N(Cc1ccc(C)cc1)C(=O)CN(c1cc(C)ccc1OC)S(=O)(=O)c1ccccc1. The minimum Gasteiger partial charge on any atom is -0.495 e. The van der Waals surface area contributed by atoms with Gasteiger partial charge in [0.15, 0.2) is 0 Å². The Morgan fingerprint density at radius 1 is 0.902 bits per heavy atom. The first-order valence-electron chi connectivity index (χ1n) is 13.9. The smallest absolute Gasteiger partial charge is 0.264 e. The summed E-state index contributed by atoms with van der Waals surface area (Å²) in [5.41, 5.74) is 2.96. The van der Waals surface area contributed by atoms with Crippen LogP contribution in [-0.2, 0) is 26.2 Å². The van der Waals surface area contributed by atoms with Crippen LogP contribution in [-0.4, -0.2) is 50.9 Å². The second kappa shape index (κ2) is 14.2. The van der Waals surface area contributed by atoms with Gasteiger partial charge in [-0.05, 0) is 69.0 Å². The molecule has 1 N–H and O–H groups in total. The fourth-order valence-electron chi connectivity index (χ4n) is 4.48. The van der Waals surface area contributed by atoms with Crippen LogP contribution in [0.5, 0.6) is 5.75 Å². The summed E-state index contributed by atoms with van der Waals surface area (Å²) < 4.78 is 34.7. The summed E-state index contributed by atoms with van der Waals surface area (Å²) in [7, 11) is -2.72. The van der Waals surface area contributed by atoms with Gasteiger partial charge in [0.1, 0.15) is 18.3 Å². The largest absolute Gasteiger partial charge is 0.495 e. The number of hydrogen-bond acceptors (Lipinski definition) is 5. The van der Waals surface area contributed by atoms with Crippen LogP contribution in [0.2, 0.25) is 0 Å². The highest BCUT2D eigenvalue weighted by atomic mass is 32.2. The summed E-state index contributed by atoms with van der Waals surface area (Å²) >= 11 is 0. The standard InChI is InChI=1S/C32H41N3O5S/c1-7-25(5)33-32(37)28(8-2)34(21-26-17-14-23(3)15-18-26)31(36)22-35(29-20-24(4)16-19-30(29)40-6)41(38,39)27-12-10-9-11-13-27/h9-20,25,28H,7-8,21-22H2,1-6H3,(H,33,37)/t25-,28+/m1/s1. The number of rotatable bonds is 13. The van der Waals surface area contributed by atoms with Crippen molar-refractivity contribution in [1.82, 2.24) is 10.2 Å². The molecule has 0 bridgehead atoms. The molecule has 0 heterocycles. The van der Waals surface area contributed by atoms with Gasteiger partial charge in [-0.15, -0.1) is 0 Å². The van der Waals surface area contributed by atoms with Gasteiger partial charge in [-0.2, -0.15) is 0 Å². The van der Waals surface area contributed by atoms with Gasteiger partial charge in [0.2, 0.25) is 11.8 Å². The van der Waals surface area contributed by atoms with Crippen LogP contribution in [0.4, 0.5) is 5.69 Å². The molecule has 0 spiro atoms. The predicted octanol–water partition coefficient (Wildman–Crippen LogP) is 5.23. The number of amides is 2. The van der Waals surface area contributed by atoms with Crippen molar-refractivity contribution in [3.8, 4) is 5.75 Å². The number of hydrogen-bond donors (Lipinski definition) is 1. The Hall–Kier alpha value is -3.85. The Labute approximate surface area is 244 Å². The zero-order valence-electron chi connectivity index (χ0n) is 24.8. The van der Waals surface area contributed by atoms with Gasteiger partial charge in [0.05, 0.1) is 17.7 Å². The van der Waals surface area contributed by atoms with E-state index in [4.69, 9.17) is 4.74 Å². The maximum absolute atomic E-state index is 14.2. The van der Waals surface area contributed by atoms with Gasteiger partial charge in [-0.1, -0.05) is 67.9 Å². The Kier molecular flexibility index (Phi) is 10.9. The van der Waals surface area contributed by atoms with Gasteiger partial charge in [-0.3, -0.25) is 13.9 Å². The first-order chi connectivity index (χ1) is 19.5. The lowest BCUT2D eigenvalue weighted by molar-refractivity contribution is -0.140. The topological polar surface area (TPSA) is 96.0 Å². The van der Waals surface area contributed by atoms with Crippen molar-refractivity contribution >= 4 is 27.5 Å². The molecule has 0 unspecified atom stereocenters. The predicted molar refractivity (Wildman–Crippen MR) is 162 cm³/mol. The van der Waals surface area contributed by atoms with Crippen molar-refractivity contribution in [2.45, 2.75) is 71.0 Å². The maximum atomic E-state index is 14.2. The molecule has 0 saturated heterocycles. The highest BCUT2D eigenvalue weighted by molar-refractivity contribution is 7.92. The number of carbonyl (C=O) groups is 2. The molecule has 3 aromatic carbocycles. The number of anilines is 1. The lowest BCUT2D eigenvalue weighted by Crippen LogP contribution is -2.53. The molecule has 0 saturated carbocycles. The Balaban J connectivity index is 2.11. The summed E-state index contributed by atoms with van der Waals surface area (Å²) in [5.74, 6) is -0.456. The lowest BCUT2D eigenvalue weighted by atomic mass is 10.1. The molecule has 0 fully saturated rings. The molecule has 3 aromatic rings. The van der Waals surface area contributed by atoms with Crippen LogP contribution >= 0.6 is 0 Å². The second-order valence-corrected chi connectivity index (χ2v) is 12.1. The Bertz CT molecular complexity index is 1430. The monoisotopic (exact) mass is 579 g/mol. The molecular formula is C32H41N3O5S. The third-order valence-corrected chi connectivity index (χ3v) is 8.85. The number of methoxy groups -OCH3 is 1. The third-order valence-electron chi connectivity index (χ3n) is 7.07. The van der Waals surface area contributed by atoms with Crippen LogP contribution in [0.3, 0.4) is 0 Å². The number of aryl methyl sites for hydroxylation is 2. The van der Waals surface area contributed by atoms with Crippen LogP contribution in [0.15, 0.2) is 77.7 Å². The molecule has 220 valence electrons. The fraction of sp³-hybridized carbons (Fsp3) is 0.375. The van der Waals surface area contributed by atoms with Crippen LogP contribution in [0.1, 0.15) is 50.3 Å². The first-order valence-corrected chi connectivity index (χ1v) is 15.3. The molecule has 2 atom stereocenters. The van der Waals surface area contributed by atoms with Crippen molar-refractivity contribution < 1.29 is 22.7 Å². The van der Waals surface area contributed by atoms with E-state index in [0.29, 0.717) is 12.2 Å². The molecule has 0 aliphatic rings. The van der Waals surface area contributed by atoms with Crippen molar-refractivity contribution in [3.05, 3.63) is 89.5 Å². The summed E-state index contributed by atoms with van der Waals surface area (Å²) in [4.78, 5) is 29.1. The molecule has 0 aromatic heterocycles. The summed E-state index contributed by atoms with van der Waals surface area (Å²) in [6.07, 6.45) is 1.10. The van der Waals surface area contributed by atoms with E-state index in [1.165, 1.54) is 24.1 Å². The quantitative estimate of drug-likeness (QED) is 0.299. The maximum Gasteiger partial charge on any atom is 0.264 e. The van der Waals surface area contributed by atoms with Crippen LogP contribution in [0.25, 0.3) is 0 Å². The zero-order chi connectivity index (χ0) is 30.2. The van der Waals surface area contributed by atoms with E-state index in [1.807, 2.05) is 65.0 Å². The number of benzene rings is 3. The summed E-state index contributed by atoms with van der Waals surface area (Å²) in [5, 5.41) is 2.99. The summed E-state index contributed by atoms with van der Waals surface area (Å²) in [6.45, 7) is 9.18. The van der Waals surface area contributed by atoms with E-state index in [-0.39, 0.29) is 29.1 Å². The van der Waals surface area contributed by atoms with Crippen LogP contribution < -0.4 is 14.4 Å². The van der Waals surface area contributed by atoms with E-state index < -0.39 is 28.5 Å². The highest BCUT2D eigenvalue weighted by Gasteiger charge is 2.35. The van der Waals surface area contributed by atoms with Crippen molar-refractivity contribution in [1.29, 1.82) is 0 Å². The third kappa shape index (κ3) is 7.88. The minimum absolute atomic E-state index is 0.0444. The normalized spacial score (nSPS) is 12.7. The summed E-state index contributed by atoms with van der Waals surface area (Å²) in [6, 6.07) is 20.0. The molecule has 3 rings (SSSR count). The minimum atomic E-state index is -4.18. The van der Waals surface area contributed by atoms with Gasteiger partial charge in [0, 0.05) is 12.6 Å². The van der Waals surface area contributed by atoms with E-state index >= 15 is 0 Å². The van der Waals surface area contributed by atoms with E-state index in [1.54, 1.807) is 30.3 Å². The Morgan fingerprint density at radius 2 is 1.54 bits per heavy atom. The van der Waals surface area contributed by atoms with Gasteiger partial charge in [-0.25, -0.2) is 8.42 Å². The van der Waals surface area contributed by atoms with Crippen molar-refractivity contribution in [2.75, 3.05) is 18.0 Å². The number of ether oxygens (including phenoxy) is 1. The molecule has 41 heavy (non-hydrogen) atoms. The molecule has 8 nitrogen and oxygen atoms in total. The van der Waals surface area contributed by atoms with E-state index in [0.717, 1.165) is 27.4 Å². The number of sulfonamides is 1. The molecule has 0 aliphatic heterocycles. The molecular weight excluding hydrogens is 538 g/mol. The molecule has 0 aliphatic carbocycles. The van der Waals surface area contributed by atoms with Gasteiger partial charge in [0.25, 0.3) is 10.0 Å². The molecule has 9 heteroatoms. The van der Waals surface area contributed by atoms with Crippen LogP contribution in [0, 0.1) is 13.8 Å². The van der Waals surface area contributed by atoms with E-state index in [9.17, 15) is 18.0 Å². The van der Waals surface area contributed by atoms with Gasteiger partial charge >= 0.3 is 0 Å². The van der Waals surface area contributed by atoms with Gasteiger partial charge < -0.3 is 15.0 Å². The number of nitrogens with one attached hydrogen (secondary N) is 1.